The summed E-state index contributed by atoms with van der Waals surface area (Å²) in [5, 5.41) is 12.7. The molecule has 1 aromatic carbocycles. The molecular formula is C13H13FN2O4. The highest BCUT2D eigenvalue weighted by Crippen LogP contribution is 2.20. The van der Waals surface area contributed by atoms with Gasteiger partial charge in [0, 0.05) is 6.42 Å². The van der Waals surface area contributed by atoms with Crippen molar-refractivity contribution in [3.05, 3.63) is 41.3 Å². The summed E-state index contributed by atoms with van der Waals surface area (Å²) in [5.41, 5.74) is -0.248. The molecule has 0 amide bonds. The number of ether oxygens (including phenoxy) is 1. The van der Waals surface area contributed by atoms with E-state index in [1.54, 1.807) is 0 Å². The smallest absolute Gasteiger partial charge is 0.339 e. The minimum atomic E-state index is -1.26. The molecule has 1 heterocycles. The number of nitrogens with zero attached hydrogens (tertiary/aromatic N) is 2. The quantitative estimate of drug-likeness (QED) is 0.874. The molecule has 0 atom stereocenters. The Hall–Kier alpha value is -2.44. The van der Waals surface area contributed by atoms with Crippen molar-refractivity contribution in [2.24, 2.45) is 0 Å². The molecule has 20 heavy (non-hydrogen) atoms. The minimum absolute atomic E-state index is 0.0425. The summed E-state index contributed by atoms with van der Waals surface area (Å²) < 4.78 is 23.3. The van der Waals surface area contributed by atoms with Crippen LogP contribution in [0.4, 0.5) is 4.39 Å². The maximum absolute atomic E-state index is 13.0. The van der Waals surface area contributed by atoms with Crippen LogP contribution in [0.2, 0.25) is 0 Å². The van der Waals surface area contributed by atoms with Crippen LogP contribution in [0.15, 0.2) is 22.7 Å². The molecule has 7 heteroatoms. The number of aromatic nitrogens is 2. The molecule has 0 aliphatic heterocycles. The van der Waals surface area contributed by atoms with Gasteiger partial charge >= 0.3 is 5.97 Å². The van der Waals surface area contributed by atoms with Crippen molar-refractivity contribution in [2.45, 2.75) is 26.4 Å². The van der Waals surface area contributed by atoms with E-state index in [1.165, 1.54) is 6.07 Å². The van der Waals surface area contributed by atoms with E-state index in [2.05, 4.69) is 10.1 Å². The molecular weight excluding hydrogens is 267 g/mol. The second-order valence-corrected chi connectivity index (χ2v) is 4.09. The number of rotatable bonds is 6. The number of hydrogen-bond donors (Lipinski definition) is 1. The second-order valence-electron chi connectivity index (χ2n) is 4.09. The van der Waals surface area contributed by atoms with Gasteiger partial charge in [0.25, 0.3) is 0 Å². The highest BCUT2D eigenvalue weighted by molar-refractivity contribution is 5.90. The van der Waals surface area contributed by atoms with Crippen molar-refractivity contribution in [3.8, 4) is 5.75 Å². The SMILES string of the molecule is CCCc1nc(COc2ccc(F)cc2C(=O)O)no1. The third kappa shape index (κ3) is 3.31. The van der Waals surface area contributed by atoms with E-state index in [0.29, 0.717) is 18.1 Å². The van der Waals surface area contributed by atoms with Crippen LogP contribution in [-0.4, -0.2) is 21.2 Å². The topological polar surface area (TPSA) is 85.5 Å². The minimum Gasteiger partial charge on any atom is -0.485 e. The normalized spacial score (nSPS) is 10.5. The second kappa shape index (κ2) is 6.14. The summed E-state index contributed by atoms with van der Waals surface area (Å²) in [6.07, 6.45) is 1.55. The van der Waals surface area contributed by atoms with Gasteiger partial charge in [0.2, 0.25) is 11.7 Å². The Kier molecular flexibility index (Phi) is 4.29. The summed E-state index contributed by atoms with van der Waals surface area (Å²) in [6.45, 7) is 1.94. The predicted octanol–water partition coefficient (Wildman–Crippen LogP) is 2.44. The standard InChI is InChI=1S/C13H13FN2O4/c1-2-3-12-15-11(16-20-12)7-19-10-5-4-8(14)6-9(10)13(17)18/h4-6H,2-3,7H2,1H3,(H,17,18). The number of aromatic carboxylic acids is 1. The Labute approximate surface area is 114 Å². The summed E-state index contributed by atoms with van der Waals surface area (Å²) in [4.78, 5) is 15.1. The summed E-state index contributed by atoms with van der Waals surface area (Å²) in [5.74, 6) is -1.03. The van der Waals surface area contributed by atoms with E-state index in [4.69, 9.17) is 14.4 Å². The number of carboxylic acids is 1. The molecule has 0 saturated carbocycles. The fourth-order valence-electron chi connectivity index (χ4n) is 1.60. The average Bonchev–Trinajstić information content (AvgIpc) is 2.85. The van der Waals surface area contributed by atoms with Crippen LogP contribution < -0.4 is 4.74 Å². The van der Waals surface area contributed by atoms with Crippen LogP contribution in [0, 0.1) is 5.82 Å². The molecule has 2 aromatic rings. The van der Waals surface area contributed by atoms with E-state index < -0.39 is 11.8 Å². The first-order valence-electron chi connectivity index (χ1n) is 6.07. The highest BCUT2D eigenvalue weighted by atomic mass is 19.1. The molecule has 0 bridgehead atoms. The summed E-state index contributed by atoms with van der Waals surface area (Å²) in [7, 11) is 0. The molecule has 2 rings (SSSR count). The van der Waals surface area contributed by atoms with Crippen molar-refractivity contribution in [3.63, 3.8) is 0 Å². The molecule has 1 N–H and O–H groups in total. The number of carboxylic acid groups (broad SMARTS) is 1. The third-order valence-electron chi connectivity index (χ3n) is 2.50. The number of benzene rings is 1. The van der Waals surface area contributed by atoms with E-state index in [-0.39, 0.29) is 17.9 Å². The Morgan fingerprint density at radius 1 is 1.50 bits per heavy atom. The molecule has 106 valence electrons. The van der Waals surface area contributed by atoms with Gasteiger partial charge in [0.05, 0.1) is 0 Å². The van der Waals surface area contributed by atoms with E-state index in [9.17, 15) is 9.18 Å². The van der Waals surface area contributed by atoms with Gasteiger partial charge in [-0.25, -0.2) is 9.18 Å². The number of aryl methyl sites for hydroxylation is 1. The Morgan fingerprint density at radius 2 is 2.30 bits per heavy atom. The van der Waals surface area contributed by atoms with E-state index in [1.807, 2.05) is 6.92 Å². The van der Waals surface area contributed by atoms with Crippen LogP contribution in [0.5, 0.6) is 5.75 Å². The van der Waals surface area contributed by atoms with Gasteiger partial charge in [0.1, 0.15) is 17.1 Å². The maximum atomic E-state index is 13.0. The van der Waals surface area contributed by atoms with Gasteiger partial charge in [-0.05, 0) is 24.6 Å². The van der Waals surface area contributed by atoms with Crippen molar-refractivity contribution < 1.29 is 23.6 Å². The van der Waals surface area contributed by atoms with Crippen LogP contribution in [0.1, 0.15) is 35.4 Å². The number of carbonyl (C=O) groups is 1. The van der Waals surface area contributed by atoms with Crippen molar-refractivity contribution in [2.75, 3.05) is 0 Å². The zero-order valence-corrected chi connectivity index (χ0v) is 10.8. The largest absolute Gasteiger partial charge is 0.485 e. The lowest BCUT2D eigenvalue weighted by molar-refractivity contribution is 0.0691. The molecule has 0 fully saturated rings. The Morgan fingerprint density at radius 3 is 3.00 bits per heavy atom. The first kappa shape index (κ1) is 14.0. The van der Waals surface area contributed by atoms with E-state index in [0.717, 1.165) is 18.6 Å². The molecule has 0 saturated heterocycles. The molecule has 0 aliphatic rings. The number of hydrogen-bond acceptors (Lipinski definition) is 5. The van der Waals surface area contributed by atoms with Crippen LogP contribution in [-0.2, 0) is 13.0 Å². The fourth-order valence-corrected chi connectivity index (χ4v) is 1.60. The van der Waals surface area contributed by atoms with Gasteiger partial charge in [-0.1, -0.05) is 12.1 Å². The number of halogens is 1. The predicted molar refractivity (Wildman–Crippen MR) is 66.0 cm³/mol. The first-order valence-corrected chi connectivity index (χ1v) is 6.07. The van der Waals surface area contributed by atoms with Gasteiger partial charge in [-0.3, -0.25) is 0 Å². The summed E-state index contributed by atoms with van der Waals surface area (Å²) >= 11 is 0. The molecule has 0 aliphatic carbocycles. The van der Waals surface area contributed by atoms with Crippen LogP contribution in [0.25, 0.3) is 0 Å². The van der Waals surface area contributed by atoms with Gasteiger partial charge in [0.15, 0.2) is 6.61 Å². The summed E-state index contributed by atoms with van der Waals surface area (Å²) in [6, 6.07) is 3.28. The van der Waals surface area contributed by atoms with Crippen molar-refractivity contribution in [1.82, 2.24) is 10.1 Å². The zero-order valence-electron chi connectivity index (χ0n) is 10.8. The highest BCUT2D eigenvalue weighted by Gasteiger charge is 2.14. The van der Waals surface area contributed by atoms with E-state index >= 15 is 0 Å². The first-order chi connectivity index (χ1) is 9.60. The monoisotopic (exact) mass is 280 g/mol. The Balaban J connectivity index is 2.08. The Bertz CT molecular complexity index is 612. The maximum Gasteiger partial charge on any atom is 0.339 e. The molecule has 1 aromatic heterocycles. The van der Waals surface area contributed by atoms with Crippen LogP contribution >= 0.6 is 0 Å². The third-order valence-corrected chi connectivity index (χ3v) is 2.50. The molecule has 0 radical (unpaired) electrons. The lowest BCUT2D eigenvalue weighted by Crippen LogP contribution is -2.05. The molecule has 6 nitrogen and oxygen atoms in total. The lowest BCUT2D eigenvalue weighted by Gasteiger charge is -2.06. The molecule has 0 spiro atoms. The average molecular weight is 280 g/mol. The van der Waals surface area contributed by atoms with Crippen molar-refractivity contribution >= 4 is 5.97 Å². The molecule has 0 unspecified atom stereocenters. The van der Waals surface area contributed by atoms with Crippen LogP contribution in [0.3, 0.4) is 0 Å². The van der Waals surface area contributed by atoms with Gasteiger partial charge in [-0.15, -0.1) is 0 Å². The fraction of sp³-hybridized carbons (Fsp3) is 0.308. The zero-order chi connectivity index (χ0) is 14.5. The van der Waals surface area contributed by atoms with Gasteiger partial charge in [-0.2, -0.15) is 4.98 Å². The van der Waals surface area contributed by atoms with Gasteiger partial charge < -0.3 is 14.4 Å². The lowest BCUT2D eigenvalue weighted by atomic mass is 10.2. The van der Waals surface area contributed by atoms with Crippen molar-refractivity contribution in [1.29, 1.82) is 0 Å².